The molecule has 0 aromatic heterocycles. The monoisotopic (exact) mass is 388 g/mol. The second-order valence-electron chi connectivity index (χ2n) is 6.42. The summed E-state index contributed by atoms with van der Waals surface area (Å²) in [4.78, 5) is 12.2. The number of nitrogens with zero attached hydrogens (tertiary/aromatic N) is 1. The third-order valence-corrected chi connectivity index (χ3v) is 6.39. The third-order valence-electron chi connectivity index (χ3n) is 4.29. The number of benzene rings is 1. The predicted octanol–water partition coefficient (Wildman–Crippen LogP) is 2.03. The van der Waals surface area contributed by atoms with Gasteiger partial charge in [0.15, 0.2) is 0 Å². The van der Waals surface area contributed by atoms with Crippen LogP contribution < -0.4 is 5.32 Å². The zero-order chi connectivity index (χ0) is 18.4. The molecule has 1 N–H and O–H groups in total. The lowest BCUT2D eigenvalue weighted by atomic mass is 9.97. The van der Waals surface area contributed by atoms with Crippen molar-refractivity contribution < 1.29 is 17.9 Å². The van der Waals surface area contributed by atoms with Crippen LogP contribution in [0.25, 0.3) is 0 Å². The van der Waals surface area contributed by atoms with Gasteiger partial charge in [0.25, 0.3) is 0 Å². The Morgan fingerprint density at radius 2 is 1.92 bits per heavy atom. The fourth-order valence-corrected chi connectivity index (χ4v) is 4.62. The quantitative estimate of drug-likeness (QED) is 0.775. The van der Waals surface area contributed by atoms with Crippen molar-refractivity contribution in [1.29, 1.82) is 0 Å². The Morgan fingerprint density at radius 3 is 2.48 bits per heavy atom. The van der Waals surface area contributed by atoms with Crippen molar-refractivity contribution in [3.63, 3.8) is 0 Å². The lowest BCUT2D eigenvalue weighted by Crippen LogP contribution is -2.45. The molecule has 8 heteroatoms. The number of rotatable bonds is 7. The zero-order valence-electron chi connectivity index (χ0n) is 14.6. The highest BCUT2D eigenvalue weighted by Gasteiger charge is 2.31. The summed E-state index contributed by atoms with van der Waals surface area (Å²) in [6.45, 7) is 3.08. The average Bonchev–Trinajstić information content (AvgIpc) is 2.57. The summed E-state index contributed by atoms with van der Waals surface area (Å²) < 4.78 is 31.6. The van der Waals surface area contributed by atoms with E-state index in [0.717, 1.165) is 0 Å². The SMILES string of the molecule is COCC(C)NC(=O)C1CCN(S(=O)(=O)Cc2ccc(Cl)cc2)CC1. The van der Waals surface area contributed by atoms with Gasteiger partial charge in [-0.3, -0.25) is 4.79 Å². The number of carbonyl (C=O) groups excluding carboxylic acids is 1. The van der Waals surface area contributed by atoms with Crippen LogP contribution in [-0.2, 0) is 25.3 Å². The van der Waals surface area contributed by atoms with Crippen LogP contribution in [0.15, 0.2) is 24.3 Å². The van der Waals surface area contributed by atoms with Crippen molar-refractivity contribution in [2.75, 3.05) is 26.8 Å². The molecule has 1 amide bonds. The number of halogens is 1. The van der Waals surface area contributed by atoms with Gasteiger partial charge in [0.2, 0.25) is 15.9 Å². The molecule has 0 saturated carbocycles. The number of amides is 1. The number of hydrogen-bond donors (Lipinski definition) is 1. The van der Waals surface area contributed by atoms with E-state index in [9.17, 15) is 13.2 Å². The molecule has 25 heavy (non-hydrogen) atoms. The van der Waals surface area contributed by atoms with Crippen molar-refractivity contribution in [1.82, 2.24) is 9.62 Å². The zero-order valence-corrected chi connectivity index (χ0v) is 16.1. The normalized spacial score (nSPS) is 18.0. The van der Waals surface area contributed by atoms with Gasteiger partial charge in [0, 0.05) is 37.2 Å². The second-order valence-corrected chi connectivity index (χ2v) is 8.83. The van der Waals surface area contributed by atoms with Gasteiger partial charge in [-0.15, -0.1) is 0 Å². The Bertz CT molecular complexity index is 670. The Morgan fingerprint density at radius 1 is 1.32 bits per heavy atom. The number of sulfonamides is 1. The van der Waals surface area contributed by atoms with E-state index in [2.05, 4.69) is 5.32 Å². The van der Waals surface area contributed by atoms with Crippen molar-refractivity contribution in [2.24, 2.45) is 5.92 Å². The molecule has 1 aromatic rings. The Balaban J connectivity index is 1.88. The van der Waals surface area contributed by atoms with Gasteiger partial charge in [-0.25, -0.2) is 12.7 Å². The standard InChI is InChI=1S/C17H25ClN2O4S/c1-13(11-24-2)19-17(21)15-7-9-20(10-8-15)25(22,23)12-14-3-5-16(18)6-4-14/h3-6,13,15H,7-12H2,1-2H3,(H,19,21). The summed E-state index contributed by atoms with van der Waals surface area (Å²) in [7, 11) is -1.80. The maximum absolute atomic E-state index is 12.6. The van der Waals surface area contributed by atoms with Crippen LogP contribution in [0.2, 0.25) is 5.02 Å². The summed E-state index contributed by atoms with van der Waals surface area (Å²) in [5, 5.41) is 3.48. The molecule has 6 nitrogen and oxygen atoms in total. The number of carbonyl (C=O) groups is 1. The highest BCUT2D eigenvalue weighted by molar-refractivity contribution is 7.88. The van der Waals surface area contributed by atoms with E-state index >= 15 is 0 Å². The first kappa shape index (κ1) is 20.2. The molecule has 1 fully saturated rings. The Hall–Kier alpha value is -1.15. The van der Waals surface area contributed by atoms with Crippen LogP contribution in [0.1, 0.15) is 25.3 Å². The highest BCUT2D eigenvalue weighted by atomic mass is 35.5. The number of ether oxygens (including phenoxy) is 1. The van der Waals surface area contributed by atoms with Gasteiger partial charge in [-0.1, -0.05) is 23.7 Å². The van der Waals surface area contributed by atoms with E-state index in [-0.39, 0.29) is 23.6 Å². The molecule has 1 unspecified atom stereocenters. The van der Waals surface area contributed by atoms with E-state index in [1.807, 2.05) is 6.92 Å². The summed E-state index contributed by atoms with van der Waals surface area (Å²) in [6, 6.07) is 6.76. The van der Waals surface area contributed by atoms with Gasteiger partial charge in [0.1, 0.15) is 0 Å². The van der Waals surface area contributed by atoms with E-state index < -0.39 is 10.0 Å². The van der Waals surface area contributed by atoms with Gasteiger partial charge in [-0.2, -0.15) is 0 Å². The van der Waals surface area contributed by atoms with Gasteiger partial charge < -0.3 is 10.1 Å². The van der Waals surface area contributed by atoms with Crippen LogP contribution >= 0.6 is 11.6 Å². The lowest BCUT2D eigenvalue weighted by Gasteiger charge is -2.31. The molecular weight excluding hydrogens is 364 g/mol. The maximum Gasteiger partial charge on any atom is 0.223 e. The Kier molecular flexibility index (Phi) is 7.25. The van der Waals surface area contributed by atoms with E-state index in [1.54, 1.807) is 31.4 Å². The fraction of sp³-hybridized carbons (Fsp3) is 0.588. The molecule has 1 aromatic carbocycles. The summed E-state index contributed by atoms with van der Waals surface area (Å²) in [6.07, 6.45) is 1.07. The number of piperidine rings is 1. The van der Waals surface area contributed by atoms with Crippen molar-refractivity contribution in [3.05, 3.63) is 34.9 Å². The Labute approximate surface area is 154 Å². The minimum atomic E-state index is -3.39. The first-order valence-electron chi connectivity index (χ1n) is 8.33. The van der Waals surface area contributed by atoms with Gasteiger partial charge >= 0.3 is 0 Å². The van der Waals surface area contributed by atoms with E-state index in [4.69, 9.17) is 16.3 Å². The molecule has 2 rings (SSSR count). The van der Waals surface area contributed by atoms with Crippen LogP contribution in [-0.4, -0.2) is 51.5 Å². The van der Waals surface area contributed by atoms with E-state index in [0.29, 0.717) is 43.1 Å². The lowest BCUT2D eigenvalue weighted by molar-refractivity contribution is -0.127. The third kappa shape index (κ3) is 5.95. The largest absolute Gasteiger partial charge is 0.383 e. The smallest absolute Gasteiger partial charge is 0.223 e. The van der Waals surface area contributed by atoms with Crippen LogP contribution in [0.5, 0.6) is 0 Å². The van der Waals surface area contributed by atoms with Crippen LogP contribution in [0, 0.1) is 5.92 Å². The number of hydrogen-bond acceptors (Lipinski definition) is 4. The minimum absolute atomic E-state index is 0.0284. The molecule has 140 valence electrons. The molecule has 0 bridgehead atoms. The van der Waals surface area contributed by atoms with Gasteiger partial charge in [0.05, 0.1) is 12.4 Å². The first-order valence-corrected chi connectivity index (χ1v) is 10.3. The molecule has 0 aliphatic carbocycles. The van der Waals surface area contributed by atoms with Gasteiger partial charge in [-0.05, 0) is 37.5 Å². The fourth-order valence-electron chi connectivity index (χ4n) is 2.93. The summed E-state index contributed by atoms with van der Waals surface area (Å²) in [5.41, 5.74) is 0.706. The maximum atomic E-state index is 12.6. The van der Waals surface area contributed by atoms with Crippen molar-refractivity contribution >= 4 is 27.5 Å². The van der Waals surface area contributed by atoms with Crippen molar-refractivity contribution in [3.8, 4) is 0 Å². The molecule has 1 aliphatic heterocycles. The molecule has 1 saturated heterocycles. The second kappa shape index (κ2) is 8.98. The molecule has 1 atom stereocenters. The number of methoxy groups -OCH3 is 1. The molecule has 0 radical (unpaired) electrons. The molecule has 0 spiro atoms. The van der Waals surface area contributed by atoms with Crippen LogP contribution in [0.3, 0.4) is 0 Å². The summed E-state index contributed by atoms with van der Waals surface area (Å²) in [5.74, 6) is -0.230. The first-order chi connectivity index (χ1) is 11.8. The molecular formula is C17H25ClN2O4S. The van der Waals surface area contributed by atoms with E-state index in [1.165, 1.54) is 4.31 Å². The number of nitrogens with one attached hydrogen (secondary N) is 1. The summed E-state index contributed by atoms with van der Waals surface area (Å²) >= 11 is 5.83. The van der Waals surface area contributed by atoms with Crippen molar-refractivity contribution in [2.45, 2.75) is 31.6 Å². The average molecular weight is 389 g/mol. The molecule has 1 aliphatic rings. The molecule has 1 heterocycles. The topological polar surface area (TPSA) is 75.7 Å². The van der Waals surface area contributed by atoms with Crippen LogP contribution in [0.4, 0.5) is 0 Å². The highest BCUT2D eigenvalue weighted by Crippen LogP contribution is 2.22. The minimum Gasteiger partial charge on any atom is -0.383 e. The predicted molar refractivity (Wildman–Crippen MR) is 97.9 cm³/mol.